The lowest BCUT2D eigenvalue weighted by atomic mass is 10.2. The van der Waals surface area contributed by atoms with Gasteiger partial charge in [0.15, 0.2) is 0 Å². The summed E-state index contributed by atoms with van der Waals surface area (Å²) in [5, 5.41) is 0. The topological polar surface area (TPSA) is 49.9 Å². The lowest BCUT2D eigenvalue weighted by Crippen LogP contribution is -2.46. The van der Waals surface area contributed by atoms with Gasteiger partial charge in [0.1, 0.15) is 6.54 Å². The van der Waals surface area contributed by atoms with Gasteiger partial charge in [0.25, 0.3) is 0 Å². The van der Waals surface area contributed by atoms with Gasteiger partial charge in [-0.1, -0.05) is 6.07 Å². The molecule has 23 heavy (non-hydrogen) atoms. The number of nitrogens with zero attached hydrogens (tertiary/aromatic N) is 2. The maximum absolute atomic E-state index is 12.7. The third-order valence-electron chi connectivity index (χ3n) is 4.16. The molecule has 0 aliphatic carbocycles. The molecule has 2 heterocycles. The molecule has 2 aliphatic heterocycles. The number of hydrogen-bond acceptors (Lipinski definition) is 4. The number of benzene rings is 1. The Labute approximate surface area is 141 Å². The molecule has 0 aromatic heterocycles. The molecule has 1 atom stereocenters. The predicted octanol–water partition coefficient (Wildman–Crippen LogP) is 2.07. The maximum atomic E-state index is 12.7. The number of carbonyl (C=O) groups is 2. The average molecular weight is 334 g/mol. The molecule has 3 rings (SSSR count). The van der Waals surface area contributed by atoms with Crippen LogP contribution in [0.4, 0.5) is 5.69 Å². The van der Waals surface area contributed by atoms with Crippen molar-refractivity contribution < 1.29 is 14.3 Å². The molecule has 0 radical (unpaired) electrons. The third kappa shape index (κ3) is 3.70. The molecule has 0 bridgehead atoms. The zero-order chi connectivity index (χ0) is 16.4. The fraction of sp³-hybridized carbons (Fsp3) is 0.529. The molecular weight excluding hydrogens is 312 g/mol. The molecule has 6 heteroatoms. The van der Waals surface area contributed by atoms with Gasteiger partial charge in [-0.25, -0.2) is 0 Å². The Bertz CT molecular complexity index is 620. The van der Waals surface area contributed by atoms with Gasteiger partial charge < -0.3 is 14.5 Å². The van der Waals surface area contributed by atoms with Crippen LogP contribution in [0.5, 0.6) is 0 Å². The molecule has 0 spiro atoms. The van der Waals surface area contributed by atoms with E-state index in [-0.39, 0.29) is 24.5 Å². The van der Waals surface area contributed by atoms with Crippen molar-refractivity contribution in [2.75, 3.05) is 36.9 Å². The lowest BCUT2D eigenvalue weighted by Gasteiger charge is -2.31. The second-order valence-electron chi connectivity index (χ2n) is 6.11. The van der Waals surface area contributed by atoms with Crippen molar-refractivity contribution in [2.24, 2.45) is 0 Å². The first kappa shape index (κ1) is 16.3. The van der Waals surface area contributed by atoms with Gasteiger partial charge in [-0.3, -0.25) is 9.59 Å². The fourth-order valence-electron chi connectivity index (χ4n) is 2.94. The van der Waals surface area contributed by atoms with Crippen molar-refractivity contribution in [2.45, 2.75) is 31.3 Å². The highest BCUT2D eigenvalue weighted by molar-refractivity contribution is 8.00. The minimum Gasteiger partial charge on any atom is -0.377 e. The summed E-state index contributed by atoms with van der Waals surface area (Å²) in [4.78, 5) is 29.5. The molecule has 1 saturated heterocycles. The highest BCUT2D eigenvalue weighted by Gasteiger charge is 2.29. The Hall–Kier alpha value is -1.53. The summed E-state index contributed by atoms with van der Waals surface area (Å²) in [6, 6.07) is 6.00. The van der Waals surface area contributed by atoms with Crippen LogP contribution in [0, 0.1) is 6.92 Å². The number of fused-ring (bicyclic) bond motifs is 1. The number of ether oxygens (including phenoxy) is 1. The van der Waals surface area contributed by atoms with E-state index in [2.05, 4.69) is 6.07 Å². The van der Waals surface area contributed by atoms with E-state index in [0.29, 0.717) is 25.4 Å². The zero-order valence-electron chi connectivity index (χ0n) is 13.6. The summed E-state index contributed by atoms with van der Waals surface area (Å²) in [7, 11) is 0. The lowest BCUT2D eigenvalue weighted by molar-refractivity contribution is -0.131. The van der Waals surface area contributed by atoms with E-state index < -0.39 is 0 Å². The smallest absolute Gasteiger partial charge is 0.242 e. The quantitative estimate of drug-likeness (QED) is 0.831. The molecule has 2 aliphatic rings. The second-order valence-corrected chi connectivity index (χ2v) is 7.13. The largest absolute Gasteiger partial charge is 0.377 e. The van der Waals surface area contributed by atoms with Crippen LogP contribution in [0.3, 0.4) is 0 Å². The van der Waals surface area contributed by atoms with E-state index in [1.54, 1.807) is 16.7 Å². The van der Waals surface area contributed by atoms with Gasteiger partial charge in [0.2, 0.25) is 11.8 Å². The maximum Gasteiger partial charge on any atom is 0.242 e. The van der Waals surface area contributed by atoms with Crippen molar-refractivity contribution in [3.8, 4) is 0 Å². The van der Waals surface area contributed by atoms with Crippen LogP contribution in [0.15, 0.2) is 23.1 Å². The number of thioether (sulfide) groups is 1. The first-order valence-electron chi connectivity index (χ1n) is 7.98. The first-order valence-corrected chi connectivity index (χ1v) is 8.96. The molecule has 1 aromatic carbocycles. The van der Waals surface area contributed by atoms with Crippen LogP contribution >= 0.6 is 11.8 Å². The van der Waals surface area contributed by atoms with Crippen LogP contribution in [-0.4, -0.2) is 54.8 Å². The molecule has 0 saturated carbocycles. The number of anilines is 1. The summed E-state index contributed by atoms with van der Waals surface area (Å²) < 4.78 is 5.59. The normalized spacial score (nSPS) is 21.8. The number of hydrogen-bond donors (Lipinski definition) is 0. The van der Waals surface area contributed by atoms with Gasteiger partial charge in [0.05, 0.1) is 17.5 Å². The summed E-state index contributed by atoms with van der Waals surface area (Å²) >= 11 is 1.55. The minimum absolute atomic E-state index is 0.00109. The van der Waals surface area contributed by atoms with Crippen LogP contribution in [0.2, 0.25) is 0 Å². The average Bonchev–Trinajstić information content (AvgIpc) is 2.74. The van der Waals surface area contributed by atoms with Crippen LogP contribution < -0.4 is 4.90 Å². The SMILES string of the molecule is Cc1ccc2c(c1)SCC(=O)N2CC(=O)N1CCCO[C@H](C)C1. The fourth-order valence-corrected chi connectivity index (χ4v) is 3.97. The standard InChI is InChI=1S/C17H22N2O3S/c1-12-4-5-14-15(8-12)23-11-17(21)19(14)10-16(20)18-6-3-7-22-13(2)9-18/h4-5,8,13H,3,6-7,9-11H2,1-2H3/t13-/m1/s1. The van der Waals surface area contributed by atoms with Crippen LogP contribution in [-0.2, 0) is 14.3 Å². The number of carbonyl (C=O) groups excluding carboxylic acids is 2. The van der Waals surface area contributed by atoms with Crippen molar-refractivity contribution in [1.29, 1.82) is 0 Å². The van der Waals surface area contributed by atoms with Crippen molar-refractivity contribution in [3.05, 3.63) is 23.8 Å². The van der Waals surface area contributed by atoms with Crippen molar-refractivity contribution in [3.63, 3.8) is 0 Å². The van der Waals surface area contributed by atoms with Crippen molar-refractivity contribution >= 4 is 29.3 Å². The number of aryl methyl sites for hydroxylation is 1. The zero-order valence-corrected chi connectivity index (χ0v) is 14.4. The first-order chi connectivity index (χ1) is 11.0. The van der Waals surface area contributed by atoms with E-state index in [1.807, 2.05) is 30.9 Å². The second kappa shape index (κ2) is 6.93. The molecule has 2 amide bonds. The van der Waals surface area contributed by atoms with Crippen LogP contribution in [0.25, 0.3) is 0 Å². The Kier molecular flexibility index (Phi) is 4.92. The van der Waals surface area contributed by atoms with Gasteiger partial charge in [0, 0.05) is 24.6 Å². The predicted molar refractivity (Wildman–Crippen MR) is 90.9 cm³/mol. The summed E-state index contributed by atoms with van der Waals surface area (Å²) in [6.45, 7) is 6.10. The number of amides is 2. The highest BCUT2D eigenvalue weighted by Crippen LogP contribution is 2.35. The molecule has 5 nitrogen and oxygen atoms in total. The van der Waals surface area contributed by atoms with Gasteiger partial charge in [-0.05, 0) is 38.0 Å². The Balaban J connectivity index is 1.76. The molecule has 1 fully saturated rings. The minimum atomic E-state index is -0.00544. The van der Waals surface area contributed by atoms with E-state index in [4.69, 9.17) is 4.74 Å². The molecule has 124 valence electrons. The highest BCUT2D eigenvalue weighted by atomic mass is 32.2. The third-order valence-corrected chi connectivity index (χ3v) is 5.19. The van der Waals surface area contributed by atoms with Gasteiger partial charge in [-0.15, -0.1) is 11.8 Å². The molecule has 0 N–H and O–H groups in total. The molecule has 1 aromatic rings. The Morgan fingerprint density at radius 3 is 3.09 bits per heavy atom. The summed E-state index contributed by atoms with van der Waals surface area (Å²) in [5.74, 6) is 0.386. The van der Waals surface area contributed by atoms with E-state index in [0.717, 1.165) is 22.6 Å². The van der Waals surface area contributed by atoms with Crippen molar-refractivity contribution in [1.82, 2.24) is 4.90 Å². The molecule has 0 unspecified atom stereocenters. The summed E-state index contributed by atoms with van der Waals surface area (Å²) in [6.07, 6.45) is 0.888. The van der Waals surface area contributed by atoms with E-state index in [9.17, 15) is 9.59 Å². The van der Waals surface area contributed by atoms with Gasteiger partial charge >= 0.3 is 0 Å². The summed E-state index contributed by atoms with van der Waals surface area (Å²) in [5.41, 5.74) is 2.01. The van der Waals surface area contributed by atoms with E-state index in [1.165, 1.54) is 0 Å². The van der Waals surface area contributed by atoms with Crippen LogP contribution in [0.1, 0.15) is 18.9 Å². The molecular formula is C17H22N2O3S. The monoisotopic (exact) mass is 334 g/mol. The number of rotatable bonds is 2. The van der Waals surface area contributed by atoms with E-state index >= 15 is 0 Å². The Morgan fingerprint density at radius 1 is 1.43 bits per heavy atom. The Morgan fingerprint density at radius 2 is 2.26 bits per heavy atom. The van der Waals surface area contributed by atoms with Gasteiger partial charge in [-0.2, -0.15) is 0 Å².